The topological polar surface area (TPSA) is 101 Å². The summed E-state index contributed by atoms with van der Waals surface area (Å²) in [6.45, 7) is 1.97. The number of halogens is 1. The zero-order chi connectivity index (χ0) is 15.9. The molecule has 1 aromatic carbocycles. The van der Waals surface area contributed by atoms with Gasteiger partial charge in [-0.1, -0.05) is 0 Å². The van der Waals surface area contributed by atoms with E-state index in [0.717, 1.165) is 18.2 Å². The molecule has 2 aliphatic rings. The minimum Gasteiger partial charge on any atom is -0.434 e. The van der Waals surface area contributed by atoms with Crippen LogP contribution in [0.5, 0.6) is 5.75 Å². The summed E-state index contributed by atoms with van der Waals surface area (Å²) in [4.78, 5) is 13.8. The van der Waals surface area contributed by atoms with Crippen LogP contribution < -0.4 is 4.74 Å². The highest BCUT2D eigenvalue weighted by Crippen LogP contribution is 2.29. The maximum atomic E-state index is 13.9. The van der Waals surface area contributed by atoms with Crippen LogP contribution in [0.25, 0.3) is 0 Å². The smallest absolute Gasteiger partial charge is 0.272 e. The lowest BCUT2D eigenvalue weighted by molar-refractivity contribution is -0.385. The summed E-state index contributed by atoms with van der Waals surface area (Å²) < 4.78 is 19.3. The fraction of sp³-hybridized carbons (Fsp3) is 0.231. The molecule has 0 fully saturated rings. The highest BCUT2D eigenvalue weighted by molar-refractivity contribution is 6.01. The van der Waals surface area contributed by atoms with Crippen molar-refractivity contribution in [1.29, 1.82) is 0 Å². The highest BCUT2D eigenvalue weighted by Gasteiger charge is 2.33. The van der Waals surface area contributed by atoms with Crippen molar-refractivity contribution in [3.05, 3.63) is 45.4 Å². The lowest BCUT2D eigenvalue weighted by atomic mass is 10.2. The quantitative estimate of drug-likeness (QED) is 0.658. The molecule has 1 atom stereocenters. The Hall–Kier alpha value is -2.81. The fourth-order valence-electron chi connectivity index (χ4n) is 2.20. The van der Waals surface area contributed by atoms with E-state index < -0.39 is 16.8 Å². The number of nitrogens with zero attached hydrogens (tertiary/aromatic N) is 4. The predicted octanol–water partition coefficient (Wildman–Crippen LogP) is 1.42. The Labute approximate surface area is 124 Å². The largest absolute Gasteiger partial charge is 0.434 e. The van der Waals surface area contributed by atoms with Crippen LogP contribution in [0.1, 0.15) is 6.92 Å². The first-order chi connectivity index (χ1) is 10.5. The van der Waals surface area contributed by atoms with Crippen LogP contribution in [0.2, 0.25) is 0 Å². The number of non-ortho nitro benzene ring substituents is 1. The first-order valence-corrected chi connectivity index (χ1v) is 6.36. The molecule has 0 saturated heterocycles. The lowest BCUT2D eigenvalue weighted by Gasteiger charge is -2.20. The Morgan fingerprint density at radius 1 is 1.55 bits per heavy atom. The molecule has 8 nitrogen and oxygen atoms in total. The van der Waals surface area contributed by atoms with Gasteiger partial charge >= 0.3 is 0 Å². The van der Waals surface area contributed by atoms with Crippen LogP contribution >= 0.6 is 0 Å². The maximum Gasteiger partial charge on any atom is 0.272 e. The number of benzene rings is 1. The molecule has 1 unspecified atom stereocenters. The third-order valence-electron chi connectivity index (χ3n) is 3.38. The second kappa shape index (κ2) is 5.19. The van der Waals surface area contributed by atoms with E-state index in [0.29, 0.717) is 11.3 Å². The number of rotatable bonds is 2. The number of nitro benzene ring substituents is 1. The van der Waals surface area contributed by atoms with Crippen molar-refractivity contribution in [3.63, 3.8) is 0 Å². The molecule has 1 N–H and O–H groups in total. The zero-order valence-electron chi connectivity index (χ0n) is 11.4. The normalized spacial score (nSPS) is 20.0. The molecule has 0 radical (unpaired) electrons. The Morgan fingerprint density at radius 3 is 3.00 bits per heavy atom. The molecule has 0 amide bonds. The Bertz CT molecular complexity index is 744. The van der Waals surface area contributed by atoms with Gasteiger partial charge in [-0.25, -0.2) is 4.39 Å². The maximum absolute atomic E-state index is 13.9. The number of nitro groups is 1. The molecule has 0 bridgehead atoms. The molecule has 0 spiro atoms. The average molecular weight is 306 g/mol. The van der Waals surface area contributed by atoms with Gasteiger partial charge < -0.3 is 9.84 Å². The van der Waals surface area contributed by atoms with E-state index in [1.54, 1.807) is 6.92 Å². The van der Waals surface area contributed by atoms with E-state index in [9.17, 15) is 19.6 Å². The van der Waals surface area contributed by atoms with E-state index in [-0.39, 0.29) is 23.9 Å². The van der Waals surface area contributed by atoms with Gasteiger partial charge in [0, 0.05) is 6.07 Å². The number of hydrogen-bond donors (Lipinski definition) is 1. The second-order valence-electron chi connectivity index (χ2n) is 4.77. The van der Waals surface area contributed by atoms with E-state index in [1.807, 2.05) is 0 Å². The summed E-state index contributed by atoms with van der Waals surface area (Å²) >= 11 is 0. The SMILES string of the molecule is CC1=C2C(Oc3ccc([N+](=O)[O-])cc3F)=NC=NN2CC1O. The fourth-order valence-corrected chi connectivity index (χ4v) is 2.20. The minimum absolute atomic E-state index is 0.0804. The summed E-state index contributed by atoms with van der Waals surface area (Å²) in [5.41, 5.74) is 0.705. The van der Waals surface area contributed by atoms with E-state index in [1.165, 1.54) is 11.3 Å². The van der Waals surface area contributed by atoms with Crippen molar-refractivity contribution in [1.82, 2.24) is 5.01 Å². The zero-order valence-corrected chi connectivity index (χ0v) is 11.4. The summed E-state index contributed by atoms with van der Waals surface area (Å²) in [5, 5.41) is 25.9. The Kier molecular flexibility index (Phi) is 3.33. The van der Waals surface area contributed by atoms with Crippen LogP contribution in [0, 0.1) is 15.9 Å². The van der Waals surface area contributed by atoms with Crippen molar-refractivity contribution in [3.8, 4) is 5.75 Å². The van der Waals surface area contributed by atoms with Crippen molar-refractivity contribution < 1.29 is 19.2 Å². The average Bonchev–Trinajstić information content (AvgIpc) is 2.77. The van der Waals surface area contributed by atoms with Gasteiger partial charge in [-0.05, 0) is 18.6 Å². The van der Waals surface area contributed by atoms with Gasteiger partial charge in [0.05, 0.1) is 23.6 Å². The first kappa shape index (κ1) is 14.1. The third-order valence-corrected chi connectivity index (χ3v) is 3.38. The molecular formula is C13H11FN4O4. The van der Waals surface area contributed by atoms with E-state index in [4.69, 9.17) is 4.74 Å². The molecule has 2 heterocycles. The second-order valence-corrected chi connectivity index (χ2v) is 4.77. The van der Waals surface area contributed by atoms with Crippen molar-refractivity contribution in [2.75, 3.05) is 6.54 Å². The Balaban J connectivity index is 1.92. The molecule has 22 heavy (non-hydrogen) atoms. The van der Waals surface area contributed by atoms with Crippen LogP contribution in [0.15, 0.2) is 39.6 Å². The number of aliphatic hydroxyl groups excluding tert-OH is 1. The summed E-state index contributed by atoms with van der Waals surface area (Å²) in [7, 11) is 0. The molecule has 0 aromatic heterocycles. The van der Waals surface area contributed by atoms with E-state index in [2.05, 4.69) is 10.1 Å². The predicted molar refractivity (Wildman–Crippen MR) is 75.0 cm³/mol. The Morgan fingerprint density at radius 2 is 2.32 bits per heavy atom. The first-order valence-electron chi connectivity index (χ1n) is 6.36. The summed E-state index contributed by atoms with van der Waals surface area (Å²) in [5.74, 6) is -0.985. The number of hydrogen-bond acceptors (Lipinski definition) is 7. The molecule has 3 rings (SSSR count). The molecule has 2 aliphatic heterocycles. The minimum atomic E-state index is -0.872. The van der Waals surface area contributed by atoms with Crippen molar-refractivity contribution in [2.24, 2.45) is 10.1 Å². The highest BCUT2D eigenvalue weighted by atomic mass is 19.1. The van der Waals surface area contributed by atoms with Gasteiger partial charge in [0.15, 0.2) is 11.6 Å². The van der Waals surface area contributed by atoms with Crippen molar-refractivity contribution >= 4 is 17.9 Å². The van der Waals surface area contributed by atoms with Gasteiger partial charge in [-0.15, -0.1) is 0 Å². The van der Waals surface area contributed by atoms with Crippen LogP contribution in [-0.2, 0) is 0 Å². The van der Waals surface area contributed by atoms with Crippen LogP contribution in [-0.4, -0.2) is 39.9 Å². The molecular weight excluding hydrogens is 295 g/mol. The number of aliphatic imine (C=N–C) groups is 1. The van der Waals surface area contributed by atoms with Crippen molar-refractivity contribution in [2.45, 2.75) is 13.0 Å². The molecule has 0 saturated carbocycles. The van der Waals surface area contributed by atoms with Gasteiger partial charge in [-0.3, -0.25) is 15.1 Å². The number of hydrazone groups is 1. The van der Waals surface area contributed by atoms with Gasteiger partial charge in [0.2, 0.25) is 5.90 Å². The lowest BCUT2D eigenvalue weighted by Crippen LogP contribution is -2.27. The summed E-state index contributed by atoms with van der Waals surface area (Å²) in [6.07, 6.45) is 0.522. The molecule has 0 aliphatic carbocycles. The molecule has 9 heteroatoms. The molecule has 114 valence electrons. The number of aliphatic hydroxyl groups is 1. The number of fused-ring (bicyclic) bond motifs is 1. The monoisotopic (exact) mass is 306 g/mol. The van der Waals surface area contributed by atoms with Crippen LogP contribution in [0.3, 0.4) is 0 Å². The van der Waals surface area contributed by atoms with Gasteiger partial charge in [0.25, 0.3) is 5.69 Å². The standard InChI is InChI=1S/C13H11FN4O4/c1-7-10(19)5-17-12(7)13(15-6-16-17)22-11-3-2-8(18(20)21)4-9(11)14/h2-4,6,10,19H,5H2,1H3. The van der Waals surface area contributed by atoms with Crippen LogP contribution in [0.4, 0.5) is 10.1 Å². The van der Waals surface area contributed by atoms with E-state index >= 15 is 0 Å². The van der Waals surface area contributed by atoms with Gasteiger partial charge in [0.1, 0.15) is 12.0 Å². The third kappa shape index (κ3) is 2.31. The molecule has 1 aromatic rings. The summed E-state index contributed by atoms with van der Waals surface area (Å²) in [6, 6.07) is 3.07. The number of ether oxygens (including phenoxy) is 1. The van der Waals surface area contributed by atoms with Gasteiger partial charge in [-0.2, -0.15) is 10.1 Å².